The quantitative estimate of drug-likeness (QED) is 0.811. The molecule has 2 N–H and O–H groups in total. The third kappa shape index (κ3) is 3.56. The summed E-state index contributed by atoms with van der Waals surface area (Å²) in [5, 5.41) is 0.675. The van der Waals surface area contributed by atoms with Gasteiger partial charge in [0.25, 0.3) is 0 Å². The molecule has 1 aromatic rings. The average molecular weight is 282 g/mol. The third-order valence-corrected chi connectivity index (χ3v) is 4.45. The van der Waals surface area contributed by atoms with Crippen molar-refractivity contribution in [1.82, 2.24) is 0 Å². The number of nitrogens with two attached hydrogens (primary N) is 1. The van der Waals surface area contributed by atoms with Crippen LogP contribution >= 0.6 is 11.6 Å². The zero-order chi connectivity index (χ0) is 14.0. The molecule has 2 nitrogen and oxygen atoms in total. The van der Waals surface area contributed by atoms with Gasteiger partial charge in [-0.15, -0.1) is 0 Å². The molecular formula is C16H24ClNO. The molecule has 0 amide bonds. The van der Waals surface area contributed by atoms with E-state index in [0.717, 1.165) is 18.1 Å². The lowest BCUT2D eigenvalue weighted by molar-refractivity contribution is 0.0466. The van der Waals surface area contributed by atoms with Crippen molar-refractivity contribution in [2.24, 2.45) is 17.8 Å². The highest BCUT2D eigenvalue weighted by Crippen LogP contribution is 2.37. The Kier molecular flexibility index (Phi) is 4.62. The lowest BCUT2D eigenvalue weighted by atomic mass is 9.75. The summed E-state index contributed by atoms with van der Waals surface area (Å²) in [5.74, 6) is 2.70. The molecule has 0 spiro atoms. The van der Waals surface area contributed by atoms with Gasteiger partial charge >= 0.3 is 0 Å². The average Bonchev–Trinajstić information content (AvgIpc) is 2.33. The van der Waals surface area contributed by atoms with Gasteiger partial charge < -0.3 is 10.5 Å². The summed E-state index contributed by atoms with van der Waals surface area (Å²) in [6.45, 7) is 6.85. The first-order valence-electron chi connectivity index (χ1n) is 7.19. The lowest BCUT2D eigenvalue weighted by Crippen LogP contribution is -2.36. The van der Waals surface area contributed by atoms with Crippen LogP contribution in [0.2, 0.25) is 5.02 Å². The minimum absolute atomic E-state index is 0.254. The summed E-state index contributed by atoms with van der Waals surface area (Å²) in [4.78, 5) is 0. The molecule has 0 aromatic heterocycles. The second kappa shape index (κ2) is 6.04. The summed E-state index contributed by atoms with van der Waals surface area (Å²) in [6.07, 6.45) is 3.90. The summed E-state index contributed by atoms with van der Waals surface area (Å²) < 4.78 is 6.20. The lowest BCUT2D eigenvalue weighted by Gasteiger charge is -2.37. The van der Waals surface area contributed by atoms with Gasteiger partial charge in [-0.05, 0) is 42.7 Å². The zero-order valence-electron chi connectivity index (χ0n) is 12.0. The van der Waals surface area contributed by atoms with Crippen molar-refractivity contribution < 1.29 is 4.74 Å². The SMILES string of the molecule is CC1CCC(C(C)C)C(Oc2cc(Cl)ccc2N)C1. The fourth-order valence-corrected chi connectivity index (χ4v) is 3.19. The molecule has 106 valence electrons. The Morgan fingerprint density at radius 3 is 2.74 bits per heavy atom. The largest absolute Gasteiger partial charge is 0.488 e. The Bertz CT molecular complexity index is 433. The van der Waals surface area contributed by atoms with Crippen LogP contribution in [0, 0.1) is 17.8 Å². The maximum Gasteiger partial charge on any atom is 0.144 e. The van der Waals surface area contributed by atoms with Crippen LogP contribution in [0.15, 0.2) is 18.2 Å². The predicted octanol–water partition coefficient (Wildman–Crippen LogP) is 4.76. The standard InChI is InChI=1S/C16H24ClNO/c1-10(2)13-6-4-11(3)8-15(13)19-16-9-12(17)5-7-14(16)18/h5,7,9-11,13,15H,4,6,8,18H2,1-3H3. The van der Waals surface area contributed by atoms with Crippen molar-refractivity contribution in [3.63, 3.8) is 0 Å². The molecule has 1 aliphatic carbocycles. The molecule has 0 radical (unpaired) electrons. The van der Waals surface area contributed by atoms with Crippen molar-refractivity contribution in [2.45, 2.75) is 46.1 Å². The van der Waals surface area contributed by atoms with Gasteiger partial charge in [-0.2, -0.15) is 0 Å². The molecule has 2 rings (SSSR count). The zero-order valence-corrected chi connectivity index (χ0v) is 12.8. The first-order chi connectivity index (χ1) is 8.97. The highest BCUT2D eigenvalue weighted by molar-refractivity contribution is 6.30. The molecule has 3 unspecified atom stereocenters. The molecule has 0 saturated heterocycles. The number of rotatable bonds is 3. The molecule has 0 bridgehead atoms. The predicted molar refractivity (Wildman–Crippen MR) is 81.6 cm³/mol. The number of halogens is 1. The van der Waals surface area contributed by atoms with E-state index in [1.54, 1.807) is 6.07 Å². The molecule has 3 heteroatoms. The minimum Gasteiger partial charge on any atom is -0.488 e. The van der Waals surface area contributed by atoms with E-state index in [1.807, 2.05) is 12.1 Å². The van der Waals surface area contributed by atoms with E-state index in [1.165, 1.54) is 12.8 Å². The second-order valence-corrected chi connectivity index (χ2v) is 6.60. The molecule has 1 saturated carbocycles. The van der Waals surface area contributed by atoms with E-state index in [9.17, 15) is 0 Å². The molecule has 0 heterocycles. The maximum absolute atomic E-state index is 6.20. The Balaban J connectivity index is 2.16. The summed E-state index contributed by atoms with van der Waals surface area (Å²) >= 11 is 6.03. The number of anilines is 1. The van der Waals surface area contributed by atoms with Gasteiger partial charge in [0.1, 0.15) is 11.9 Å². The Hall–Kier alpha value is -0.890. The highest BCUT2D eigenvalue weighted by atomic mass is 35.5. The van der Waals surface area contributed by atoms with Gasteiger partial charge in [0, 0.05) is 11.1 Å². The fraction of sp³-hybridized carbons (Fsp3) is 0.625. The van der Waals surface area contributed by atoms with Crippen LogP contribution in [0.5, 0.6) is 5.75 Å². The van der Waals surface area contributed by atoms with E-state index in [0.29, 0.717) is 22.5 Å². The first-order valence-corrected chi connectivity index (χ1v) is 7.57. The molecule has 1 aromatic carbocycles. The minimum atomic E-state index is 0.254. The first kappa shape index (κ1) is 14.5. The van der Waals surface area contributed by atoms with Crippen LogP contribution in [0.4, 0.5) is 5.69 Å². The van der Waals surface area contributed by atoms with Crippen molar-refractivity contribution in [1.29, 1.82) is 0 Å². The van der Waals surface area contributed by atoms with E-state index < -0.39 is 0 Å². The van der Waals surface area contributed by atoms with Crippen LogP contribution in [-0.2, 0) is 0 Å². The Morgan fingerprint density at radius 2 is 2.05 bits per heavy atom. The third-order valence-electron chi connectivity index (χ3n) is 4.22. The molecule has 0 aliphatic heterocycles. The van der Waals surface area contributed by atoms with E-state index in [2.05, 4.69) is 20.8 Å². The Labute approximate surface area is 121 Å². The van der Waals surface area contributed by atoms with Crippen LogP contribution in [0.25, 0.3) is 0 Å². The van der Waals surface area contributed by atoms with Crippen LogP contribution < -0.4 is 10.5 Å². The summed E-state index contributed by atoms with van der Waals surface area (Å²) in [6, 6.07) is 5.44. The van der Waals surface area contributed by atoms with Crippen molar-refractivity contribution in [3.8, 4) is 5.75 Å². The second-order valence-electron chi connectivity index (χ2n) is 6.16. The molecule has 1 aliphatic rings. The number of hydrogen-bond acceptors (Lipinski definition) is 2. The van der Waals surface area contributed by atoms with E-state index >= 15 is 0 Å². The summed E-state index contributed by atoms with van der Waals surface area (Å²) in [5.41, 5.74) is 6.65. The maximum atomic E-state index is 6.20. The summed E-state index contributed by atoms with van der Waals surface area (Å²) in [7, 11) is 0. The van der Waals surface area contributed by atoms with Crippen LogP contribution in [-0.4, -0.2) is 6.10 Å². The van der Waals surface area contributed by atoms with Crippen LogP contribution in [0.1, 0.15) is 40.0 Å². The number of nitrogen functional groups attached to an aromatic ring is 1. The van der Waals surface area contributed by atoms with Crippen molar-refractivity contribution in [2.75, 3.05) is 5.73 Å². The normalized spacial score (nSPS) is 27.5. The van der Waals surface area contributed by atoms with Gasteiger partial charge in [-0.25, -0.2) is 0 Å². The molecule has 19 heavy (non-hydrogen) atoms. The topological polar surface area (TPSA) is 35.2 Å². The number of benzene rings is 1. The van der Waals surface area contributed by atoms with Crippen molar-refractivity contribution in [3.05, 3.63) is 23.2 Å². The number of ether oxygens (including phenoxy) is 1. The van der Waals surface area contributed by atoms with Crippen LogP contribution in [0.3, 0.4) is 0 Å². The monoisotopic (exact) mass is 281 g/mol. The highest BCUT2D eigenvalue weighted by Gasteiger charge is 2.32. The van der Waals surface area contributed by atoms with Gasteiger partial charge in [0.2, 0.25) is 0 Å². The number of hydrogen-bond donors (Lipinski definition) is 1. The van der Waals surface area contributed by atoms with Gasteiger partial charge in [0.15, 0.2) is 0 Å². The van der Waals surface area contributed by atoms with Gasteiger partial charge in [0.05, 0.1) is 5.69 Å². The van der Waals surface area contributed by atoms with E-state index in [-0.39, 0.29) is 6.10 Å². The van der Waals surface area contributed by atoms with Crippen molar-refractivity contribution >= 4 is 17.3 Å². The van der Waals surface area contributed by atoms with E-state index in [4.69, 9.17) is 22.1 Å². The fourth-order valence-electron chi connectivity index (χ4n) is 3.02. The molecular weight excluding hydrogens is 258 g/mol. The van der Waals surface area contributed by atoms with Gasteiger partial charge in [-0.1, -0.05) is 38.8 Å². The molecule has 3 atom stereocenters. The Morgan fingerprint density at radius 1 is 1.32 bits per heavy atom. The smallest absolute Gasteiger partial charge is 0.144 e. The molecule has 1 fully saturated rings. The van der Waals surface area contributed by atoms with Gasteiger partial charge in [-0.3, -0.25) is 0 Å².